The number of carbonyl (C=O) groups is 4. The molecule has 2 aliphatic rings. The first-order chi connectivity index (χ1) is 19.6. The zero-order valence-corrected chi connectivity index (χ0v) is 23.6. The second-order valence-electron chi connectivity index (χ2n) is 10.5. The third kappa shape index (κ3) is 5.04. The molecule has 3 atom stereocenters. The van der Waals surface area contributed by atoms with Crippen molar-refractivity contribution >= 4 is 35.3 Å². The molecule has 5 rings (SSSR count). The lowest BCUT2D eigenvalue weighted by Gasteiger charge is -2.51. The van der Waals surface area contributed by atoms with Crippen LogP contribution in [-0.2, 0) is 27.6 Å². The molecule has 0 saturated carbocycles. The van der Waals surface area contributed by atoms with E-state index in [0.29, 0.717) is 0 Å². The molecule has 2 fully saturated rings. The normalized spacial score (nSPS) is 22.3. The number of carbonyl (C=O) groups excluding carboxylic acids is 3. The third-order valence-electron chi connectivity index (χ3n) is 7.34. The molecule has 0 radical (unpaired) electrons. The van der Waals surface area contributed by atoms with Gasteiger partial charge in [0.1, 0.15) is 41.7 Å². The van der Waals surface area contributed by atoms with Crippen molar-refractivity contribution in [2.75, 3.05) is 0 Å². The van der Waals surface area contributed by atoms with E-state index in [0.717, 1.165) is 11.1 Å². The first-order valence-electron chi connectivity index (χ1n) is 13.1. The molecule has 2 aliphatic heterocycles. The summed E-state index contributed by atoms with van der Waals surface area (Å²) < 4.78 is 11.2. The van der Waals surface area contributed by atoms with Gasteiger partial charge >= 0.3 is 5.97 Å². The Morgan fingerprint density at radius 2 is 1.39 bits per heavy atom. The van der Waals surface area contributed by atoms with Gasteiger partial charge in [0.2, 0.25) is 5.54 Å². The van der Waals surface area contributed by atoms with Crippen LogP contribution in [0.25, 0.3) is 0 Å². The number of rotatable bonds is 10. The number of hydrogen-bond donors (Lipinski definition) is 2. The van der Waals surface area contributed by atoms with Crippen molar-refractivity contribution in [3.8, 4) is 11.5 Å². The number of ether oxygens (including phenoxy) is 2. The number of thioether (sulfide) groups is 1. The molecule has 9 nitrogen and oxygen atoms in total. The summed E-state index contributed by atoms with van der Waals surface area (Å²) in [5, 5.41) is 11.6. The van der Waals surface area contributed by atoms with Crippen molar-refractivity contribution in [1.82, 2.24) is 10.2 Å². The highest BCUT2D eigenvalue weighted by Crippen LogP contribution is 2.55. The Bertz CT molecular complexity index is 1430. The molecule has 10 heteroatoms. The monoisotopic (exact) mass is 574 g/mol. The molecule has 3 aromatic rings. The Balaban J connectivity index is 1.48. The van der Waals surface area contributed by atoms with Crippen LogP contribution in [0.5, 0.6) is 11.5 Å². The molecule has 0 aromatic heterocycles. The maximum absolute atomic E-state index is 14.0. The summed E-state index contributed by atoms with van der Waals surface area (Å²) in [7, 11) is 0. The number of β-lactam (4-membered cyclic amide) rings is 1. The highest BCUT2D eigenvalue weighted by Gasteiger charge is 2.74. The second kappa shape index (κ2) is 10.9. The molecule has 3 aromatic carbocycles. The van der Waals surface area contributed by atoms with E-state index in [4.69, 9.17) is 9.47 Å². The van der Waals surface area contributed by atoms with Gasteiger partial charge in [0.25, 0.3) is 11.8 Å². The summed E-state index contributed by atoms with van der Waals surface area (Å²) >= 11 is 1.18. The number of amides is 2. The van der Waals surface area contributed by atoms with Crippen LogP contribution >= 0.6 is 11.8 Å². The fraction of sp³-hybridized carbons (Fsp3) is 0.290. The molecule has 0 spiro atoms. The number of fused-ring (bicyclic) bond motifs is 1. The van der Waals surface area contributed by atoms with Gasteiger partial charge in [-0.2, -0.15) is 0 Å². The van der Waals surface area contributed by atoms with Crippen LogP contribution in [0.15, 0.2) is 78.9 Å². The Labute approximate surface area is 241 Å². The Hall–Kier alpha value is -4.31. The van der Waals surface area contributed by atoms with Crippen LogP contribution in [0.2, 0.25) is 0 Å². The molecule has 2 amide bonds. The Morgan fingerprint density at radius 3 is 1.85 bits per heavy atom. The van der Waals surface area contributed by atoms with E-state index < -0.39 is 45.3 Å². The molecule has 2 saturated heterocycles. The summed E-state index contributed by atoms with van der Waals surface area (Å²) in [6.45, 7) is 4.97. The summed E-state index contributed by atoms with van der Waals surface area (Å²) in [5.74, 6) is -2.82. The summed E-state index contributed by atoms with van der Waals surface area (Å²) in [6, 6.07) is 22.6. The fourth-order valence-corrected chi connectivity index (χ4v) is 7.03. The number of Topliss-reactive ketones (excluding diaryl/α,β-unsaturated/α-hetero) is 1. The van der Waals surface area contributed by atoms with Gasteiger partial charge in [-0.25, -0.2) is 4.79 Å². The largest absolute Gasteiger partial charge is 0.488 e. The first-order valence-corrected chi connectivity index (χ1v) is 14.0. The van der Waals surface area contributed by atoms with Gasteiger partial charge in [-0.15, -0.1) is 11.8 Å². The predicted octanol–water partition coefficient (Wildman–Crippen LogP) is 4.05. The number of hydrogen-bond acceptors (Lipinski definition) is 7. The summed E-state index contributed by atoms with van der Waals surface area (Å²) in [5.41, 5.74) is -0.136. The number of carboxylic acids is 1. The smallest absolute Gasteiger partial charge is 0.327 e. The van der Waals surface area contributed by atoms with E-state index in [1.54, 1.807) is 32.0 Å². The van der Waals surface area contributed by atoms with Gasteiger partial charge in [-0.05, 0) is 44.0 Å². The lowest BCUT2D eigenvalue weighted by atomic mass is 9.81. The van der Waals surface area contributed by atoms with Crippen LogP contribution in [0.4, 0.5) is 0 Å². The lowest BCUT2D eigenvalue weighted by molar-refractivity contribution is -0.170. The molecule has 0 unspecified atom stereocenters. The van der Waals surface area contributed by atoms with Crippen molar-refractivity contribution in [1.29, 1.82) is 0 Å². The molecule has 2 heterocycles. The van der Waals surface area contributed by atoms with Gasteiger partial charge in [-0.3, -0.25) is 14.4 Å². The molecule has 0 aliphatic carbocycles. The number of aliphatic carboxylic acids is 1. The molecule has 212 valence electrons. The van der Waals surface area contributed by atoms with Crippen molar-refractivity contribution in [2.45, 2.75) is 55.7 Å². The van der Waals surface area contributed by atoms with Crippen molar-refractivity contribution in [3.05, 3.63) is 95.6 Å². The maximum atomic E-state index is 14.0. The van der Waals surface area contributed by atoms with Gasteiger partial charge in [-0.1, -0.05) is 66.7 Å². The first kappa shape index (κ1) is 28.2. The Kier molecular flexibility index (Phi) is 7.52. The Morgan fingerprint density at radius 1 is 0.878 bits per heavy atom. The van der Waals surface area contributed by atoms with Crippen molar-refractivity contribution in [2.24, 2.45) is 0 Å². The van der Waals surface area contributed by atoms with E-state index >= 15 is 0 Å². The topological polar surface area (TPSA) is 122 Å². The maximum Gasteiger partial charge on any atom is 0.327 e. The lowest BCUT2D eigenvalue weighted by Crippen LogP contribution is -2.82. The van der Waals surface area contributed by atoms with E-state index in [-0.39, 0.29) is 30.3 Å². The zero-order valence-electron chi connectivity index (χ0n) is 22.8. The number of carboxylic acid groups (broad SMARTS) is 1. The number of nitrogens with zero attached hydrogens (tertiary/aromatic N) is 1. The minimum atomic E-state index is -1.92. The van der Waals surface area contributed by atoms with Gasteiger partial charge in [0.05, 0.1) is 0 Å². The van der Waals surface area contributed by atoms with Crippen LogP contribution in [-0.4, -0.2) is 55.3 Å². The standard InChI is InChI=1S/C31H30N2O7S/c1-19(34)31(28(38)33-25(27(36)37)30(2,3)41-29(31)33)32-26(35)24-22(39-17-20-11-6-4-7-12-20)15-10-16-23(24)40-18-21-13-8-5-9-14-21/h4-16,25,29H,17-18H2,1-3H3,(H,32,35)(H,36,37)/t25-,29+,31-/m0/s1. The second-order valence-corrected chi connectivity index (χ2v) is 12.3. The van der Waals surface area contributed by atoms with E-state index in [1.807, 2.05) is 60.7 Å². The van der Waals surface area contributed by atoms with E-state index in [1.165, 1.54) is 23.6 Å². The SMILES string of the molecule is CC(=O)[C@]1(NC(=O)c2c(OCc3ccccc3)cccc2OCc2ccccc2)C(=O)N2[C@@H](C(=O)O)C(C)(C)S[C@@H]21. The zero-order chi connectivity index (χ0) is 29.4. The highest BCUT2D eigenvalue weighted by atomic mass is 32.2. The van der Waals surface area contributed by atoms with E-state index in [2.05, 4.69) is 5.32 Å². The molecular formula is C31H30N2O7S. The summed E-state index contributed by atoms with van der Waals surface area (Å²) in [6.07, 6.45) is 0. The van der Waals surface area contributed by atoms with Crippen LogP contribution in [0.3, 0.4) is 0 Å². The van der Waals surface area contributed by atoms with Crippen molar-refractivity contribution < 1.29 is 33.8 Å². The highest BCUT2D eigenvalue weighted by molar-refractivity contribution is 8.01. The summed E-state index contributed by atoms with van der Waals surface area (Å²) in [4.78, 5) is 53.8. The molecule has 41 heavy (non-hydrogen) atoms. The molecule has 0 bridgehead atoms. The molecule has 2 N–H and O–H groups in total. The molecular weight excluding hydrogens is 544 g/mol. The fourth-order valence-electron chi connectivity index (χ4n) is 5.27. The predicted molar refractivity (Wildman–Crippen MR) is 153 cm³/mol. The minimum absolute atomic E-state index is 0.0308. The van der Waals surface area contributed by atoms with Gasteiger partial charge in [0.15, 0.2) is 5.78 Å². The van der Waals surface area contributed by atoms with Gasteiger partial charge < -0.3 is 24.8 Å². The minimum Gasteiger partial charge on any atom is -0.488 e. The number of nitrogens with one attached hydrogen (secondary N) is 1. The van der Waals surface area contributed by atoms with Crippen LogP contribution < -0.4 is 14.8 Å². The van der Waals surface area contributed by atoms with E-state index in [9.17, 15) is 24.3 Å². The van der Waals surface area contributed by atoms with Crippen LogP contribution in [0.1, 0.15) is 42.3 Å². The number of benzene rings is 3. The van der Waals surface area contributed by atoms with Crippen molar-refractivity contribution in [3.63, 3.8) is 0 Å². The quantitative estimate of drug-likeness (QED) is 0.275. The average Bonchev–Trinajstić information content (AvgIpc) is 3.22. The van der Waals surface area contributed by atoms with Gasteiger partial charge in [0, 0.05) is 4.75 Å². The average molecular weight is 575 g/mol. The third-order valence-corrected chi connectivity index (χ3v) is 8.97. The number of ketones is 1. The van der Waals surface area contributed by atoms with Crippen LogP contribution in [0, 0.1) is 0 Å².